The van der Waals surface area contributed by atoms with Gasteiger partial charge in [-0.1, -0.05) is 37.1 Å². The van der Waals surface area contributed by atoms with Crippen LogP contribution in [0.4, 0.5) is 0 Å². The second-order valence-electron chi connectivity index (χ2n) is 7.64. The minimum Gasteiger partial charge on any atom is -0.302 e. The highest BCUT2D eigenvalue weighted by molar-refractivity contribution is 7.47. The van der Waals surface area contributed by atoms with Gasteiger partial charge in [0.05, 0.1) is 13.2 Å². The zero-order valence-corrected chi connectivity index (χ0v) is 18.0. The first-order chi connectivity index (χ1) is 11.6. The van der Waals surface area contributed by atoms with Crippen LogP contribution < -0.4 is 0 Å². The SMILES string of the molecule is CC(C)=CCC[C@H](C)CCOP(=O)(O)OCC[C@@H](C)CCC=C(C)C. The standard InChI is InChI=1S/C20H39O4P/c1-17(2)9-7-11-19(5)13-15-23-25(21,22)24-16-14-20(6)12-8-10-18(3)4/h9-10,19-20H,7-8,11-16H2,1-6H3,(H,21,22)/t19-,20-/m0/s1. The van der Waals surface area contributed by atoms with Crippen molar-refractivity contribution in [3.63, 3.8) is 0 Å². The summed E-state index contributed by atoms with van der Waals surface area (Å²) >= 11 is 0. The molecule has 0 aliphatic carbocycles. The molecule has 0 saturated carbocycles. The van der Waals surface area contributed by atoms with E-state index in [-0.39, 0.29) is 13.2 Å². The minimum atomic E-state index is -3.91. The molecule has 0 unspecified atom stereocenters. The van der Waals surface area contributed by atoms with E-state index >= 15 is 0 Å². The first-order valence-electron chi connectivity index (χ1n) is 9.51. The summed E-state index contributed by atoms with van der Waals surface area (Å²) in [7, 11) is -3.91. The van der Waals surface area contributed by atoms with E-state index < -0.39 is 7.82 Å². The molecule has 0 aromatic carbocycles. The van der Waals surface area contributed by atoms with Crippen LogP contribution in [0.3, 0.4) is 0 Å². The molecule has 0 saturated heterocycles. The molecule has 0 aromatic heterocycles. The molecule has 148 valence electrons. The molecule has 0 rings (SSSR count). The van der Waals surface area contributed by atoms with Gasteiger partial charge in [0.2, 0.25) is 0 Å². The van der Waals surface area contributed by atoms with E-state index in [2.05, 4.69) is 53.7 Å². The van der Waals surface area contributed by atoms with E-state index in [0.717, 1.165) is 38.5 Å². The molecule has 0 aliphatic heterocycles. The van der Waals surface area contributed by atoms with Crippen molar-refractivity contribution in [2.24, 2.45) is 11.8 Å². The fourth-order valence-electron chi connectivity index (χ4n) is 2.38. The summed E-state index contributed by atoms with van der Waals surface area (Å²) < 4.78 is 22.0. The Bertz CT molecular complexity index is 411. The fourth-order valence-corrected chi connectivity index (χ4v) is 3.12. The Hall–Kier alpha value is -0.410. The van der Waals surface area contributed by atoms with E-state index in [1.165, 1.54) is 11.1 Å². The van der Waals surface area contributed by atoms with Crippen molar-refractivity contribution in [3.8, 4) is 0 Å². The number of phosphoric ester groups is 1. The van der Waals surface area contributed by atoms with Crippen LogP contribution in [0.1, 0.15) is 80.1 Å². The van der Waals surface area contributed by atoms with Gasteiger partial charge in [0, 0.05) is 0 Å². The molecule has 0 heterocycles. The highest BCUT2D eigenvalue weighted by atomic mass is 31.2. The molecule has 5 heteroatoms. The van der Waals surface area contributed by atoms with Crippen LogP contribution in [-0.4, -0.2) is 18.1 Å². The van der Waals surface area contributed by atoms with Gasteiger partial charge in [-0.2, -0.15) is 0 Å². The van der Waals surface area contributed by atoms with Gasteiger partial charge in [-0.3, -0.25) is 9.05 Å². The smallest absolute Gasteiger partial charge is 0.302 e. The van der Waals surface area contributed by atoms with Gasteiger partial charge in [0.1, 0.15) is 0 Å². The highest BCUT2D eigenvalue weighted by Gasteiger charge is 2.21. The van der Waals surface area contributed by atoms with E-state index in [0.29, 0.717) is 11.8 Å². The summed E-state index contributed by atoms with van der Waals surface area (Å²) in [5.74, 6) is 0.927. The summed E-state index contributed by atoms with van der Waals surface area (Å²) in [4.78, 5) is 9.73. The topological polar surface area (TPSA) is 55.8 Å². The van der Waals surface area contributed by atoms with Gasteiger partial charge in [0.15, 0.2) is 0 Å². The second kappa shape index (κ2) is 13.7. The van der Waals surface area contributed by atoms with E-state index in [9.17, 15) is 9.46 Å². The zero-order valence-electron chi connectivity index (χ0n) is 17.1. The molecule has 0 spiro atoms. The zero-order chi connectivity index (χ0) is 19.3. The van der Waals surface area contributed by atoms with Gasteiger partial charge in [-0.15, -0.1) is 0 Å². The summed E-state index contributed by atoms with van der Waals surface area (Å²) in [5.41, 5.74) is 2.65. The third kappa shape index (κ3) is 16.8. The summed E-state index contributed by atoms with van der Waals surface area (Å²) in [5, 5.41) is 0. The molecule has 0 bridgehead atoms. The Morgan fingerprint density at radius 3 is 1.52 bits per heavy atom. The largest absolute Gasteiger partial charge is 0.472 e. The Morgan fingerprint density at radius 2 is 1.20 bits per heavy atom. The number of hydrogen-bond donors (Lipinski definition) is 1. The van der Waals surface area contributed by atoms with Crippen molar-refractivity contribution in [1.82, 2.24) is 0 Å². The third-order valence-corrected chi connectivity index (χ3v) is 5.17. The van der Waals surface area contributed by atoms with E-state index in [4.69, 9.17) is 9.05 Å². The third-order valence-electron chi connectivity index (χ3n) is 4.15. The van der Waals surface area contributed by atoms with Gasteiger partial charge in [-0.25, -0.2) is 4.57 Å². The predicted molar refractivity (Wildman–Crippen MR) is 107 cm³/mol. The van der Waals surface area contributed by atoms with Crippen molar-refractivity contribution >= 4 is 7.82 Å². The van der Waals surface area contributed by atoms with Crippen LogP contribution in [0.25, 0.3) is 0 Å². The molecule has 0 fully saturated rings. The number of allylic oxidation sites excluding steroid dienone is 4. The van der Waals surface area contributed by atoms with Crippen LogP contribution in [0.5, 0.6) is 0 Å². The van der Waals surface area contributed by atoms with Crippen LogP contribution in [0.2, 0.25) is 0 Å². The minimum absolute atomic E-state index is 0.264. The average molecular weight is 375 g/mol. The maximum atomic E-state index is 11.9. The molecule has 0 amide bonds. The second-order valence-corrected chi connectivity index (χ2v) is 9.09. The lowest BCUT2D eigenvalue weighted by Crippen LogP contribution is -2.05. The maximum absolute atomic E-state index is 11.9. The van der Waals surface area contributed by atoms with Crippen molar-refractivity contribution in [3.05, 3.63) is 23.3 Å². The first-order valence-corrected chi connectivity index (χ1v) is 11.0. The molecule has 0 aliphatic rings. The Morgan fingerprint density at radius 1 is 0.840 bits per heavy atom. The molecule has 4 nitrogen and oxygen atoms in total. The Balaban J connectivity index is 3.84. The van der Waals surface area contributed by atoms with Gasteiger partial charge >= 0.3 is 7.82 Å². The molecule has 0 radical (unpaired) electrons. The Kier molecular flexibility index (Phi) is 13.5. The number of hydrogen-bond acceptors (Lipinski definition) is 3. The molecule has 1 N–H and O–H groups in total. The van der Waals surface area contributed by atoms with Crippen molar-refractivity contribution < 1.29 is 18.5 Å². The lowest BCUT2D eigenvalue weighted by Gasteiger charge is -2.16. The van der Waals surface area contributed by atoms with Crippen LogP contribution in [0.15, 0.2) is 23.3 Å². The molecule has 25 heavy (non-hydrogen) atoms. The summed E-state index contributed by atoms with van der Waals surface area (Å²) in [6.07, 6.45) is 10.2. The van der Waals surface area contributed by atoms with Gasteiger partial charge in [-0.05, 0) is 78.1 Å². The number of rotatable bonds is 14. The molecule has 0 aromatic rings. The van der Waals surface area contributed by atoms with E-state index in [1.54, 1.807) is 0 Å². The van der Waals surface area contributed by atoms with Crippen LogP contribution in [-0.2, 0) is 13.6 Å². The van der Waals surface area contributed by atoms with Crippen molar-refractivity contribution in [1.29, 1.82) is 0 Å². The lowest BCUT2D eigenvalue weighted by atomic mass is 10.0. The molecular weight excluding hydrogens is 335 g/mol. The van der Waals surface area contributed by atoms with Crippen LogP contribution in [0, 0.1) is 11.8 Å². The molecular formula is C20H39O4P. The summed E-state index contributed by atoms with van der Waals surface area (Å²) in [6.45, 7) is 13.2. The van der Waals surface area contributed by atoms with Crippen LogP contribution >= 0.6 is 7.82 Å². The first kappa shape index (κ1) is 24.6. The quantitative estimate of drug-likeness (QED) is 0.273. The highest BCUT2D eigenvalue weighted by Crippen LogP contribution is 2.43. The van der Waals surface area contributed by atoms with Crippen molar-refractivity contribution in [2.45, 2.75) is 80.1 Å². The summed E-state index contributed by atoms with van der Waals surface area (Å²) in [6, 6.07) is 0. The molecule has 2 atom stereocenters. The normalized spacial score (nSPS) is 14.0. The van der Waals surface area contributed by atoms with Crippen molar-refractivity contribution in [2.75, 3.05) is 13.2 Å². The monoisotopic (exact) mass is 374 g/mol. The number of phosphoric acid groups is 1. The average Bonchev–Trinajstić information content (AvgIpc) is 2.45. The predicted octanol–water partition coefficient (Wildman–Crippen LogP) is 6.67. The fraction of sp³-hybridized carbons (Fsp3) is 0.800. The van der Waals surface area contributed by atoms with E-state index in [1.807, 2.05) is 0 Å². The lowest BCUT2D eigenvalue weighted by molar-refractivity contribution is 0.136. The maximum Gasteiger partial charge on any atom is 0.472 e. The van der Waals surface area contributed by atoms with Gasteiger partial charge in [0.25, 0.3) is 0 Å². The van der Waals surface area contributed by atoms with Gasteiger partial charge < -0.3 is 4.89 Å². The Labute approximate surface area is 155 Å².